The van der Waals surface area contributed by atoms with Crippen LogP contribution in [-0.2, 0) is 0 Å². The molecule has 2 aromatic carbocycles. The second-order valence-electron chi connectivity index (χ2n) is 6.17. The van der Waals surface area contributed by atoms with E-state index in [0.717, 1.165) is 11.3 Å². The quantitative estimate of drug-likeness (QED) is 0.530. The number of hydrazine groups is 1. The molecule has 0 aliphatic carbocycles. The summed E-state index contributed by atoms with van der Waals surface area (Å²) in [6, 6.07) is 23.7. The largest absolute Gasteiger partial charge is 0.288 e. The first-order valence-electron chi connectivity index (χ1n) is 8.94. The van der Waals surface area contributed by atoms with Gasteiger partial charge in [-0.25, -0.2) is 4.68 Å². The van der Waals surface area contributed by atoms with Crippen molar-refractivity contribution < 1.29 is 9.59 Å². The Balaban J connectivity index is 1.62. The Hall–Kier alpha value is -4.26. The number of hydrogen-bond acceptors (Lipinski definition) is 4. The lowest BCUT2D eigenvalue weighted by Crippen LogP contribution is -2.42. The smallest absolute Gasteiger partial charge is 0.267 e. The highest BCUT2D eigenvalue weighted by Gasteiger charge is 2.18. The van der Waals surface area contributed by atoms with Crippen LogP contribution in [0.1, 0.15) is 20.8 Å². The van der Waals surface area contributed by atoms with Crippen LogP contribution in [0.25, 0.3) is 16.9 Å². The normalized spacial score (nSPS) is 10.3. The molecule has 7 heteroatoms. The summed E-state index contributed by atoms with van der Waals surface area (Å²) in [5, 5.41) is 4.59. The highest BCUT2D eigenvalue weighted by Crippen LogP contribution is 2.21. The summed E-state index contributed by atoms with van der Waals surface area (Å²) < 4.78 is 1.55. The molecule has 142 valence electrons. The summed E-state index contributed by atoms with van der Waals surface area (Å²) in [6.07, 6.45) is 3.01. The Bertz CT molecular complexity index is 1130. The molecule has 2 aromatic heterocycles. The summed E-state index contributed by atoms with van der Waals surface area (Å²) in [6.45, 7) is 0. The van der Waals surface area contributed by atoms with Crippen LogP contribution in [0.2, 0.25) is 0 Å². The van der Waals surface area contributed by atoms with E-state index in [4.69, 9.17) is 0 Å². The zero-order valence-electron chi connectivity index (χ0n) is 15.3. The number of aromatic nitrogens is 3. The SMILES string of the molecule is O=C(NNC(=O)c1cc(-c2ccccc2)nn1-c1ccccc1)c1ccncc1. The van der Waals surface area contributed by atoms with Crippen LogP contribution in [0.5, 0.6) is 0 Å². The van der Waals surface area contributed by atoms with Gasteiger partial charge in [-0.3, -0.25) is 25.4 Å². The highest BCUT2D eigenvalue weighted by molar-refractivity contribution is 5.99. The fourth-order valence-electron chi connectivity index (χ4n) is 2.81. The average Bonchev–Trinajstić information content (AvgIpc) is 3.25. The summed E-state index contributed by atoms with van der Waals surface area (Å²) in [7, 11) is 0. The molecule has 2 amide bonds. The number of carbonyl (C=O) groups is 2. The van der Waals surface area contributed by atoms with Crippen molar-refractivity contribution in [3.05, 3.63) is 103 Å². The van der Waals surface area contributed by atoms with E-state index >= 15 is 0 Å². The van der Waals surface area contributed by atoms with Crippen LogP contribution in [0.3, 0.4) is 0 Å². The monoisotopic (exact) mass is 383 g/mol. The number of benzene rings is 2. The third-order valence-electron chi connectivity index (χ3n) is 4.24. The summed E-state index contributed by atoms with van der Waals surface area (Å²) in [4.78, 5) is 28.9. The number of pyridine rings is 1. The summed E-state index contributed by atoms with van der Waals surface area (Å²) >= 11 is 0. The zero-order chi connectivity index (χ0) is 20.1. The number of nitrogens with zero attached hydrogens (tertiary/aromatic N) is 3. The fourth-order valence-corrected chi connectivity index (χ4v) is 2.81. The molecule has 0 saturated heterocycles. The molecule has 0 unspecified atom stereocenters. The molecule has 7 nitrogen and oxygen atoms in total. The molecule has 0 bridgehead atoms. The minimum Gasteiger partial charge on any atom is -0.267 e. The van der Waals surface area contributed by atoms with Gasteiger partial charge in [-0.1, -0.05) is 48.5 Å². The molecule has 0 saturated carbocycles. The molecule has 0 fully saturated rings. The maximum Gasteiger partial charge on any atom is 0.288 e. The van der Waals surface area contributed by atoms with Crippen LogP contribution in [0.15, 0.2) is 91.3 Å². The van der Waals surface area contributed by atoms with Crippen molar-refractivity contribution in [1.82, 2.24) is 25.6 Å². The molecule has 29 heavy (non-hydrogen) atoms. The number of amides is 2. The second-order valence-corrected chi connectivity index (χ2v) is 6.17. The fraction of sp³-hybridized carbons (Fsp3) is 0. The van der Waals surface area contributed by atoms with E-state index in [1.807, 2.05) is 60.7 Å². The minimum absolute atomic E-state index is 0.296. The lowest BCUT2D eigenvalue weighted by Gasteiger charge is -2.09. The maximum absolute atomic E-state index is 12.8. The Morgan fingerprint density at radius 3 is 2.07 bits per heavy atom. The average molecular weight is 383 g/mol. The molecule has 0 aliphatic heterocycles. The van der Waals surface area contributed by atoms with Gasteiger partial charge in [-0.15, -0.1) is 0 Å². The van der Waals surface area contributed by atoms with Gasteiger partial charge in [0.25, 0.3) is 11.8 Å². The van der Waals surface area contributed by atoms with Crippen molar-refractivity contribution in [3.8, 4) is 16.9 Å². The van der Waals surface area contributed by atoms with Gasteiger partial charge in [-0.05, 0) is 30.3 Å². The Labute approximate surface area is 167 Å². The van der Waals surface area contributed by atoms with E-state index < -0.39 is 11.8 Å². The predicted octanol–water partition coefficient (Wildman–Crippen LogP) is 3.01. The van der Waals surface area contributed by atoms with Crippen LogP contribution in [0.4, 0.5) is 0 Å². The first-order chi connectivity index (χ1) is 14.2. The molecule has 2 heterocycles. The van der Waals surface area contributed by atoms with Gasteiger partial charge in [0.15, 0.2) is 0 Å². The van der Waals surface area contributed by atoms with Gasteiger partial charge >= 0.3 is 0 Å². The molecular weight excluding hydrogens is 366 g/mol. The predicted molar refractivity (Wildman–Crippen MR) is 108 cm³/mol. The van der Waals surface area contributed by atoms with Crippen molar-refractivity contribution >= 4 is 11.8 Å². The van der Waals surface area contributed by atoms with Gasteiger partial charge in [0, 0.05) is 23.5 Å². The van der Waals surface area contributed by atoms with E-state index in [-0.39, 0.29) is 0 Å². The van der Waals surface area contributed by atoms with Crippen LogP contribution in [0, 0.1) is 0 Å². The van der Waals surface area contributed by atoms with E-state index in [2.05, 4.69) is 20.9 Å². The number of nitrogens with one attached hydrogen (secondary N) is 2. The van der Waals surface area contributed by atoms with Gasteiger partial charge in [0.05, 0.1) is 11.4 Å². The molecule has 4 rings (SSSR count). The standard InChI is InChI=1S/C22H17N5O2/c28-21(17-11-13-23-14-12-17)24-25-22(29)20-15-19(16-7-3-1-4-8-16)26-27(20)18-9-5-2-6-10-18/h1-15H,(H,24,28)(H,25,29). The number of hydrogen-bond donors (Lipinski definition) is 2. The first-order valence-corrected chi connectivity index (χ1v) is 8.94. The minimum atomic E-state index is -0.481. The zero-order valence-corrected chi connectivity index (χ0v) is 15.3. The van der Waals surface area contributed by atoms with Gasteiger partial charge in [0.1, 0.15) is 5.69 Å². The van der Waals surface area contributed by atoms with Crippen molar-refractivity contribution in [1.29, 1.82) is 0 Å². The number of para-hydroxylation sites is 1. The molecule has 0 atom stereocenters. The highest BCUT2D eigenvalue weighted by atomic mass is 16.2. The Morgan fingerprint density at radius 1 is 0.759 bits per heavy atom. The first kappa shape index (κ1) is 18.1. The topological polar surface area (TPSA) is 88.9 Å². The van der Waals surface area contributed by atoms with Crippen molar-refractivity contribution in [2.75, 3.05) is 0 Å². The van der Waals surface area contributed by atoms with Crippen molar-refractivity contribution in [2.45, 2.75) is 0 Å². The molecular formula is C22H17N5O2. The third kappa shape index (κ3) is 4.03. The summed E-state index contributed by atoms with van der Waals surface area (Å²) in [5.74, 6) is -0.916. The van der Waals surface area contributed by atoms with Gasteiger partial charge in [0.2, 0.25) is 0 Å². The molecule has 4 aromatic rings. The second kappa shape index (κ2) is 8.18. The van der Waals surface area contributed by atoms with Crippen LogP contribution < -0.4 is 10.9 Å². The molecule has 2 N–H and O–H groups in total. The van der Waals surface area contributed by atoms with E-state index in [9.17, 15) is 9.59 Å². The Kier molecular flexibility index (Phi) is 5.11. The number of carbonyl (C=O) groups excluding carboxylic acids is 2. The van der Waals surface area contributed by atoms with Crippen molar-refractivity contribution in [2.24, 2.45) is 0 Å². The lowest BCUT2D eigenvalue weighted by atomic mass is 10.1. The van der Waals surface area contributed by atoms with Crippen molar-refractivity contribution in [3.63, 3.8) is 0 Å². The lowest BCUT2D eigenvalue weighted by molar-refractivity contribution is 0.0842. The number of rotatable bonds is 4. The Morgan fingerprint density at radius 2 is 1.38 bits per heavy atom. The van der Waals surface area contributed by atoms with Crippen LogP contribution >= 0.6 is 0 Å². The van der Waals surface area contributed by atoms with Crippen LogP contribution in [-0.4, -0.2) is 26.6 Å². The maximum atomic E-state index is 12.8. The van der Waals surface area contributed by atoms with E-state index in [1.165, 1.54) is 12.4 Å². The summed E-state index contributed by atoms with van der Waals surface area (Å²) in [5.41, 5.74) is 7.83. The molecule has 0 spiro atoms. The van der Waals surface area contributed by atoms with Gasteiger partial charge < -0.3 is 0 Å². The third-order valence-corrected chi connectivity index (χ3v) is 4.24. The van der Waals surface area contributed by atoms with E-state index in [1.54, 1.807) is 22.9 Å². The molecule has 0 aliphatic rings. The van der Waals surface area contributed by atoms with E-state index in [0.29, 0.717) is 17.0 Å². The molecule has 0 radical (unpaired) electrons. The van der Waals surface area contributed by atoms with Gasteiger partial charge in [-0.2, -0.15) is 5.10 Å².